The lowest BCUT2D eigenvalue weighted by molar-refractivity contribution is 0.102. The van der Waals surface area contributed by atoms with Crippen molar-refractivity contribution < 1.29 is 17.9 Å². The fourth-order valence-electron chi connectivity index (χ4n) is 4.92. The number of rotatable bonds is 8. The molecule has 3 aromatic carbocycles. The molecule has 0 radical (unpaired) electrons. The number of ether oxygens (including phenoxy) is 1. The normalized spacial score (nSPS) is 13.6. The molecule has 11 heteroatoms. The van der Waals surface area contributed by atoms with Crippen LogP contribution >= 0.6 is 22.7 Å². The molecule has 210 valence electrons. The van der Waals surface area contributed by atoms with Crippen LogP contribution in [0.4, 0.5) is 10.7 Å². The summed E-state index contributed by atoms with van der Waals surface area (Å²) >= 11 is 3.18. The Kier molecular flexibility index (Phi) is 7.52. The Bertz CT molecular complexity index is 1810. The third-order valence-electron chi connectivity index (χ3n) is 7.10. The molecule has 0 saturated heterocycles. The molecule has 0 aliphatic carbocycles. The highest BCUT2D eigenvalue weighted by Crippen LogP contribution is 2.46. The number of nitrogens with zero attached hydrogens (tertiary/aromatic N) is 2. The van der Waals surface area contributed by atoms with E-state index in [-0.39, 0.29) is 16.1 Å². The number of hydrogen-bond donors (Lipinski definition) is 2. The van der Waals surface area contributed by atoms with Gasteiger partial charge in [-0.3, -0.25) is 14.4 Å². The van der Waals surface area contributed by atoms with E-state index in [9.17, 15) is 13.2 Å². The summed E-state index contributed by atoms with van der Waals surface area (Å²) in [7, 11) is -2.42. The fraction of sp³-hybridized carbons (Fsp3) is 0.200. The van der Waals surface area contributed by atoms with Gasteiger partial charge in [-0.15, -0.1) is 22.7 Å². The summed E-state index contributed by atoms with van der Waals surface area (Å²) in [5, 5.41) is 4.72. The van der Waals surface area contributed by atoms with Crippen LogP contribution < -0.4 is 14.8 Å². The molecule has 1 aliphatic rings. The number of anilines is 2. The van der Waals surface area contributed by atoms with Crippen LogP contribution in [0.25, 0.3) is 20.8 Å². The first kappa shape index (κ1) is 27.4. The van der Waals surface area contributed by atoms with E-state index in [0.29, 0.717) is 5.75 Å². The van der Waals surface area contributed by atoms with Gasteiger partial charge in [-0.2, -0.15) is 0 Å². The molecule has 1 aliphatic heterocycles. The van der Waals surface area contributed by atoms with Gasteiger partial charge in [0.25, 0.3) is 15.9 Å². The molecule has 0 atom stereocenters. The lowest BCUT2D eigenvalue weighted by Crippen LogP contribution is -2.29. The molecule has 0 bridgehead atoms. The first-order valence-corrected chi connectivity index (χ1v) is 16.3. The van der Waals surface area contributed by atoms with Gasteiger partial charge in [-0.25, -0.2) is 13.4 Å². The van der Waals surface area contributed by atoms with Crippen molar-refractivity contribution in [1.29, 1.82) is 0 Å². The third-order valence-corrected chi connectivity index (χ3v) is 10.7. The zero-order chi connectivity index (χ0) is 28.6. The number of thiazole rings is 1. The number of methoxy groups -OCH3 is 1. The zero-order valence-corrected chi connectivity index (χ0v) is 25.0. The molecule has 0 fully saturated rings. The monoisotopic (exact) mass is 604 g/mol. The minimum atomic E-state index is -3.94. The molecule has 0 unspecified atom stereocenters. The highest BCUT2D eigenvalue weighted by Gasteiger charge is 2.28. The molecular weight excluding hydrogens is 577 g/mol. The second-order valence-corrected chi connectivity index (χ2v) is 13.4. The molecule has 0 saturated carbocycles. The smallest absolute Gasteiger partial charge is 0.261 e. The topological polar surface area (TPSA) is 101 Å². The minimum absolute atomic E-state index is 0.0676. The van der Waals surface area contributed by atoms with E-state index in [4.69, 9.17) is 9.72 Å². The highest BCUT2D eigenvalue weighted by molar-refractivity contribution is 7.92. The first-order valence-electron chi connectivity index (χ1n) is 13.2. The van der Waals surface area contributed by atoms with E-state index in [2.05, 4.69) is 27.9 Å². The SMILES string of the molecule is CCN1CCc2c(sc(NC(=O)c3ccccc3NS(=O)(=O)c3ccc(OC)cc3)c2-c2nc3ccccc3s2)C1. The average molecular weight is 605 g/mol. The second-order valence-electron chi connectivity index (χ2n) is 9.59. The minimum Gasteiger partial charge on any atom is -0.497 e. The van der Waals surface area contributed by atoms with Gasteiger partial charge in [0, 0.05) is 23.5 Å². The van der Waals surface area contributed by atoms with Crippen molar-refractivity contribution >= 4 is 59.5 Å². The van der Waals surface area contributed by atoms with E-state index < -0.39 is 15.9 Å². The molecule has 2 N–H and O–H groups in total. The number of amides is 1. The summed E-state index contributed by atoms with van der Waals surface area (Å²) in [6.45, 7) is 4.88. The number of aromatic nitrogens is 1. The quantitative estimate of drug-likeness (QED) is 0.211. The van der Waals surface area contributed by atoms with Crippen molar-refractivity contribution in [1.82, 2.24) is 9.88 Å². The van der Waals surface area contributed by atoms with E-state index in [1.54, 1.807) is 59.1 Å². The standard InChI is InChI=1S/C30H28N4O4S3/c1-3-34-17-16-22-26(18-34)40-30(27(22)29-31-24-10-6-7-11-25(24)39-29)32-28(35)21-8-4-5-9-23(21)33-41(36,37)20-14-12-19(38-2)13-15-20/h4-15,33H,3,16-18H2,1-2H3,(H,32,35). The van der Waals surface area contributed by atoms with Crippen LogP contribution in [0.2, 0.25) is 0 Å². The van der Waals surface area contributed by atoms with Gasteiger partial charge in [0.15, 0.2) is 0 Å². The number of sulfonamides is 1. The number of para-hydroxylation sites is 2. The van der Waals surface area contributed by atoms with Crippen molar-refractivity contribution in [3.63, 3.8) is 0 Å². The third kappa shape index (κ3) is 5.45. The number of fused-ring (bicyclic) bond motifs is 2. The van der Waals surface area contributed by atoms with Gasteiger partial charge in [0.05, 0.1) is 33.5 Å². The summed E-state index contributed by atoms with van der Waals surface area (Å²) in [4.78, 5) is 22.3. The number of thiophene rings is 1. The fourth-order valence-corrected chi connectivity index (χ4v) is 8.39. The molecular formula is C30H28N4O4S3. The van der Waals surface area contributed by atoms with Gasteiger partial charge >= 0.3 is 0 Å². The molecule has 6 rings (SSSR count). The maximum absolute atomic E-state index is 13.7. The second kappa shape index (κ2) is 11.2. The van der Waals surface area contributed by atoms with E-state index in [1.165, 1.54) is 29.7 Å². The van der Waals surface area contributed by atoms with Crippen LogP contribution in [0.15, 0.2) is 77.7 Å². The number of hydrogen-bond acceptors (Lipinski definition) is 8. The maximum Gasteiger partial charge on any atom is 0.261 e. The first-order chi connectivity index (χ1) is 19.9. The highest BCUT2D eigenvalue weighted by atomic mass is 32.2. The summed E-state index contributed by atoms with van der Waals surface area (Å²) in [5.41, 5.74) is 3.53. The van der Waals surface area contributed by atoms with Gasteiger partial charge in [-0.05, 0) is 67.1 Å². The Morgan fingerprint density at radius 2 is 1.78 bits per heavy atom. The van der Waals surface area contributed by atoms with Gasteiger partial charge in [0.1, 0.15) is 15.8 Å². The average Bonchev–Trinajstić information content (AvgIpc) is 3.57. The lowest BCUT2D eigenvalue weighted by Gasteiger charge is -2.25. The van der Waals surface area contributed by atoms with Crippen molar-refractivity contribution in [2.24, 2.45) is 0 Å². The number of nitrogens with one attached hydrogen (secondary N) is 2. The Hall–Kier alpha value is -3.77. The summed E-state index contributed by atoms with van der Waals surface area (Å²) in [5.74, 6) is 0.152. The van der Waals surface area contributed by atoms with E-state index in [0.717, 1.165) is 51.8 Å². The van der Waals surface area contributed by atoms with Crippen LogP contribution in [0.1, 0.15) is 27.7 Å². The van der Waals surface area contributed by atoms with Crippen molar-refractivity contribution in [3.8, 4) is 16.3 Å². The van der Waals surface area contributed by atoms with Crippen LogP contribution in [0.5, 0.6) is 5.75 Å². The Labute approximate surface area is 246 Å². The van der Waals surface area contributed by atoms with Crippen LogP contribution in [0.3, 0.4) is 0 Å². The Morgan fingerprint density at radius 1 is 1.02 bits per heavy atom. The van der Waals surface area contributed by atoms with Crippen molar-refractivity contribution in [2.75, 3.05) is 30.2 Å². The number of carbonyl (C=O) groups is 1. The van der Waals surface area contributed by atoms with Crippen LogP contribution in [-0.2, 0) is 23.0 Å². The zero-order valence-electron chi connectivity index (χ0n) is 22.5. The van der Waals surface area contributed by atoms with Crippen LogP contribution in [0, 0.1) is 0 Å². The molecule has 0 spiro atoms. The maximum atomic E-state index is 13.7. The molecule has 3 heterocycles. The van der Waals surface area contributed by atoms with Gasteiger partial charge in [-0.1, -0.05) is 31.2 Å². The molecule has 2 aromatic heterocycles. The Balaban J connectivity index is 1.34. The Morgan fingerprint density at radius 3 is 2.54 bits per heavy atom. The van der Waals surface area contributed by atoms with Crippen molar-refractivity contribution in [2.45, 2.75) is 24.8 Å². The predicted molar refractivity (Wildman–Crippen MR) is 166 cm³/mol. The van der Waals surface area contributed by atoms with Crippen molar-refractivity contribution in [3.05, 3.63) is 88.8 Å². The lowest BCUT2D eigenvalue weighted by atomic mass is 10.0. The van der Waals surface area contributed by atoms with E-state index in [1.807, 2.05) is 18.2 Å². The van der Waals surface area contributed by atoms with Gasteiger partial charge in [0.2, 0.25) is 0 Å². The number of likely N-dealkylation sites (N-methyl/N-ethyl adjacent to an activating group) is 1. The summed E-state index contributed by atoms with van der Waals surface area (Å²) in [6, 6.07) is 20.7. The molecule has 1 amide bonds. The number of benzene rings is 3. The number of carbonyl (C=O) groups excluding carboxylic acids is 1. The molecule has 8 nitrogen and oxygen atoms in total. The van der Waals surface area contributed by atoms with Crippen LogP contribution in [-0.4, -0.2) is 44.4 Å². The largest absolute Gasteiger partial charge is 0.497 e. The summed E-state index contributed by atoms with van der Waals surface area (Å²) in [6.07, 6.45) is 0.874. The predicted octanol–water partition coefficient (Wildman–Crippen LogP) is 6.46. The molecule has 5 aromatic rings. The van der Waals surface area contributed by atoms with Gasteiger partial charge < -0.3 is 10.1 Å². The summed E-state index contributed by atoms with van der Waals surface area (Å²) < 4.78 is 35.1. The van der Waals surface area contributed by atoms with E-state index >= 15 is 0 Å². The molecule has 41 heavy (non-hydrogen) atoms.